The van der Waals surface area contributed by atoms with Crippen LogP contribution in [-0.2, 0) is 6.54 Å². The molecule has 0 saturated heterocycles. The zero-order chi connectivity index (χ0) is 12.4. The van der Waals surface area contributed by atoms with E-state index in [4.69, 9.17) is 4.74 Å². The Kier molecular flexibility index (Phi) is 3.69. The predicted molar refractivity (Wildman–Crippen MR) is 73.1 cm³/mol. The molecule has 17 heavy (non-hydrogen) atoms. The highest BCUT2D eigenvalue weighted by atomic mass is 79.9. The fourth-order valence-corrected chi connectivity index (χ4v) is 2.67. The Hall–Kier alpha value is -1.07. The number of nitrogens with zero attached hydrogens (tertiary/aromatic N) is 1. The predicted octanol–water partition coefficient (Wildman–Crippen LogP) is 3.04. The van der Waals surface area contributed by atoms with E-state index in [1.165, 1.54) is 11.3 Å². The standard InChI is InChI=1S/C12H12BrNO2S/c1-8-7-17-12(15)14(8)6-9-5-10(16-2)3-4-11(9)13/h3-5,7H,6H2,1-2H3. The zero-order valence-corrected chi connectivity index (χ0v) is 12.0. The second-order valence-electron chi connectivity index (χ2n) is 3.69. The number of aromatic nitrogens is 1. The van der Waals surface area contributed by atoms with Crippen molar-refractivity contribution in [2.75, 3.05) is 7.11 Å². The van der Waals surface area contributed by atoms with Crippen molar-refractivity contribution in [3.8, 4) is 5.75 Å². The maximum Gasteiger partial charge on any atom is 0.307 e. The van der Waals surface area contributed by atoms with Gasteiger partial charge in [0.15, 0.2) is 0 Å². The van der Waals surface area contributed by atoms with Crippen molar-refractivity contribution in [1.82, 2.24) is 4.57 Å². The summed E-state index contributed by atoms with van der Waals surface area (Å²) >= 11 is 4.71. The molecule has 0 unspecified atom stereocenters. The van der Waals surface area contributed by atoms with Gasteiger partial charge in [-0.3, -0.25) is 9.36 Å². The molecule has 3 nitrogen and oxygen atoms in total. The normalized spacial score (nSPS) is 10.5. The molecule has 0 aliphatic heterocycles. The molecule has 2 rings (SSSR count). The van der Waals surface area contributed by atoms with Crippen molar-refractivity contribution < 1.29 is 4.74 Å². The summed E-state index contributed by atoms with van der Waals surface area (Å²) in [4.78, 5) is 11.7. The smallest absolute Gasteiger partial charge is 0.307 e. The van der Waals surface area contributed by atoms with Gasteiger partial charge >= 0.3 is 4.87 Å². The number of benzene rings is 1. The first-order chi connectivity index (χ1) is 8.11. The van der Waals surface area contributed by atoms with E-state index in [0.717, 1.165) is 21.5 Å². The van der Waals surface area contributed by atoms with Gasteiger partial charge in [0.05, 0.1) is 13.7 Å². The third-order valence-corrected chi connectivity index (χ3v) is 4.21. The molecule has 90 valence electrons. The van der Waals surface area contributed by atoms with Gasteiger partial charge in [-0.05, 0) is 30.7 Å². The molecule has 2 aromatic rings. The SMILES string of the molecule is COc1ccc(Br)c(Cn2c(C)csc2=O)c1. The van der Waals surface area contributed by atoms with Crippen LogP contribution in [0.3, 0.4) is 0 Å². The van der Waals surface area contributed by atoms with Crippen molar-refractivity contribution in [3.63, 3.8) is 0 Å². The Balaban J connectivity index is 2.39. The topological polar surface area (TPSA) is 31.2 Å². The first kappa shape index (κ1) is 12.4. The van der Waals surface area contributed by atoms with E-state index in [-0.39, 0.29) is 4.87 Å². The van der Waals surface area contributed by atoms with Gasteiger partial charge in [0, 0.05) is 15.5 Å². The molecule has 0 bridgehead atoms. The highest BCUT2D eigenvalue weighted by Gasteiger charge is 2.07. The average molecular weight is 314 g/mol. The lowest BCUT2D eigenvalue weighted by molar-refractivity contribution is 0.414. The van der Waals surface area contributed by atoms with Crippen LogP contribution in [0, 0.1) is 6.92 Å². The first-order valence-electron chi connectivity index (χ1n) is 5.09. The molecule has 0 fully saturated rings. The highest BCUT2D eigenvalue weighted by molar-refractivity contribution is 9.10. The summed E-state index contributed by atoms with van der Waals surface area (Å²) in [6, 6.07) is 5.76. The van der Waals surface area contributed by atoms with Gasteiger partial charge in [-0.15, -0.1) is 0 Å². The fourth-order valence-electron chi connectivity index (χ4n) is 1.57. The molecule has 0 saturated carbocycles. The van der Waals surface area contributed by atoms with Crippen LogP contribution in [0.1, 0.15) is 11.3 Å². The minimum Gasteiger partial charge on any atom is -0.497 e. The summed E-state index contributed by atoms with van der Waals surface area (Å²) < 4.78 is 7.92. The Morgan fingerprint density at radius 1 is 1.47 bits per heavy atom. The van der Waals surface area contributed by atoms with E-state index in [1.807, 2.05) is 30.5 Å². The van der Waals surface area contributed by atoms with Crippen LogP contribution in [0.4, 0.5) is 0 Å². The van der Waals surface area contributed by atoms with Crippen molar-refractivity contribution in [1.29, 1.82) is 0 Å². The third-order valence-electron chi connectivity index (χ3n) is 2.56. The number of hydrogen-bond donors (Lipinski definition) is 0. The maximum atomic E-state index is 11.6. The van der Waals surface area contributed by atoms with Crippen LogP contribution in [-0.4, -0.2) is 11.7 Å². The second-order valence-corrected chi connectivity index (χ2v) is 5.36. The molecule has 0 atom stereocenters. The Morgan fingerprint density at radius 3 is 2.82 bits per heavy atom. The van der Waals surface area contributed by atoms with Gasteiger partial charge in [0.2, 0.25) is 0 Å². The quantitative estimate of drug-likeness (QED) is 0.872. The van der Waals surface area contributed by atoms with E-state index < -0.39 is 0 Å². The molecular weight excluding hydrogens is 302 g/mol. The highest BCUT2D eigenvalue weighted by Crippen LogP contribution is 2.23. The Bertz CT molecular complexity index is 588. The van der Waals surface area contributed by atoms with Crippen molar-refractivity contribution in [2.45, 2.75) is 13.5 Å². The van der Waals surface area contributed by atoms with Crippen LogP contribution in [0.15, 0.2) is 32.8 Å². The number of hydrogen-bond acceptors (Lipinski definition) is 3. The van der Waals surface area contributed by atoms with Gasteiger partial charge < -0.3 is 4.74 Å². The molecule has 0 spiro atoms. The van der Waals surface area contributed by atoms with Gasteiger partial charge in [0.1, 0.15) is 5.75 Å². The number of thiazole rings is 1. The summed E-state index contributed by atoms with van der Waals surface area (Å²) in [6.07, 6.45) is 0. The lowest BCUT2D eigenvalue weighted by atomic mass is 10.2. The van der Waals surface area contributed by atoms with E-state index in [1.54, 1.807) is 11.7 Å². The molecule has 1 aromatic heterocycles. The molecule has 0 amide bonds. The minimum atomic E-state index is 0.0669. The average Bonchev–Trinajstić information content (AvgIpc) is 2.63. The number of rotatable bonds is 3. The van der Waals surface area contributed by atoms with Crippen molar-refractivity contribution in [2.24, 2.45) is 0 Å². The van der Waals surface area contributed by atoms with E-state index >= 15 is 0 Å². The maximum absolute atomic E-state index is 11.6. The second kappa shape index (κ2) is 5.06. The van der Waals surface area contributed by atoms with Crippen molar-refractivity contribution >= 4 is 27.3 Å². The number of ether oxygens (including phenoxy) is 1. The van der Waals surface area contributed by atoms with Crippen molar-refractivity contribution in [3.05, 3.63) is 49.0 Å². The number of aryl methyl sites for hydroxylation is 1. The summed E-state index contributed by atoms with van der Waals surface area (Å²) in [5.74, 6) is 0.795. The van der Waals surface area contributed by atoms with Crippen LogP contribution in [0.2, 0.25) is 0 Å². The lowest BCUT2D eigenvalue weighted by Gasteiger charge is -2.09. The van der Waals surface area contributed by atoms with E-state index in [0.29, 0.717) is 6.54 Å². The summed E-state index contributed by atoms with van der Waals surface area (Å²) in [6.45, 7) is 2.50. The van der Waals surface area contributed by atoms with Gasteiger partial charge in [-0.25, -0.2) is 0 Å². The van der Waals surface area contributed by atoms with Gasteiger partial charge in [-0.1, -0.05) is 27.3 Å². The molecular formula is C12H12BrNO2S. The molecule has 0 radical (unpaired) electrons. The van der Waals surface area contributed by atoms with Gasteiger partial charge in [-0.2, -0.15) is 0 Å². The lowest BCUT2D eigenvalue weighted by Crippen LogP contribution is -2.15. The number of halogens is 1. The molecule has 0 aliphatic rings. The molecule has 1 aromatic carbocycles. The summed E-state index contributed by atoms with van der Waals surface area (Å²) in [5, 5.41) is 1.87. The van der Waals surface area contributed by atoms with Crippen LogP contribution < -0.4 is 9.61 Å². The largest absolute Gasteiger partial charge is 0.497 e. The summed E-state index contributed by atoms with van der Waals surface area (Å²) in [5.41, 5.74) is 2.02. The zero-order valence-electron chi connectivity index (χ0n) is 9.57. The molecule has 1 heterocycles. The van der Waals surface area contributed by atoms with Crippen LogP contribution in [0.5, 0.6) is 5.75 Å². The Labute approximate surface area is 112 Å². The third kappa shape index (κ3) is 2.61. The fraction of sp³-hybridized carbons (Fsp3) is 0.250. The van der Waals surface area contributed by atoms with Crippen LogP contribution in [0.25, 0.3) is 0 Å². The first-order valence-corrected chi connectivity index (χ1v) is 6.76. The molecule has 0 aliphatic carbocycles. The van der Waals surface area contributed by atoms with E-state index in [2.05, 4.69) is 15.9 Å². The Morgan fingerprint density at radius 2 is 2.24 bits per heavy atom. The summed E-state index contributed by atoms with van der Waals surface area (Å²) in [7, 11) is 1.63. The van der Waals surface area contributed by atoms with E-state index in [9.17, 15) is 4.79 Å². The molecule has 5 heteroatoms. The minimum absolute atomic E-state index is 0.0669. The molecule has 0 N–H and O–H groups in total. The van der Waals surface area contributed by atoms with Crippen LogP contribution >= 0.6 is 27.3 Å². The van der Waals surface area contributed by atoms with Gasteiger partial charge in [0.25, 0.3) is 0 Å². The monoisotopic (exact) mass is 313 g/mol. The number of methoxy groups -OCH3 is 1.